The molecule has 0 aliphatic rings. The van der Waals surface area contributed by atoms with Crippen LogP contribution < -0.4 is 21.1 Å². The highest BCUT2D eigenvalue weighted by atomic mass is 16.5. The van der Waals surface area contributed by atoms with Gasteiger partial charge in [-0.05, 0) is 36.8 Å². The van der Waals surface area contributed by atoms with E-state index >= 15 is 0 Å². The maximum atomic E-state index is 11.7. The van der Waals surface area contributed by atoms with Gasteiger partial charge in [-0.1, -0.05) is 24.3 Å². The lowest BCUT2D eigenvalue weighted by atomic mass is 10.1. The van der Waals surface area contributed by atoms with E-state index in [1.54, 1.807) is 19.2 Å². The molecule has 2 rings (SSSR count). The van der Waals surface area contributed by atoms with E-state index < -0.39 is 0 Å². The normalized spacial score (nSPS) is 11.0. The highest BCUT2D eigenvalue weighted by molar-refractivity contribution is 5.94. The molecule has 0 aromatic heterocycles. The minimum Gasteiger partial charge on any atom is -0.495 e. The Morgan fingerprint density at radius 3 is 2.54 bits per heavy atom. The van der Waals surface area contributed by atoms with Crippen molar-refractivity contribution in [1.29, 1.82) is 0 Å². The molecule has 24 heavy (non-hydrogen) atoms. The van der Waals surface area contributed by atoms with Gasteiger partial charge in [-0.2, -0.15) is 0 Å². The van der Waals surface area contributed by atoms with E-state index in [0.717, 1.165) is 11.3 Å². The molecule has 0 fully saturated rings. The van der Waals surface area contributed by atoms with Gasteiger partial charge in [-0.3, -0.25) is 4.79 Å². The third kappa shape index (κ3) is 4.74. The SMILES string of the molecule is CCNC(=O)c1ccc(CN=C(N)Nc2ccccc2OC)cc1. The quantitative estimate of drug-likeness (QED) is 0.562. The Morgan fingerprint density at radius 2 is 1.88 bits per heavy atom. The number of nitrogens with one attached hydrogen (secondary N) is 2. The standard InChI is InChI=1S/C18H22N4O2/c1-3-20-17(23)14-10-8-13(9-11-14)12-21-18(19)22-15-6-4-5-7-16(15)24-2/h4-11H,3,12H2,1-2H3,(H,20,23)(H3,19,21,22). The van der Waals surface area contributed by atoms with Gasteiger partial charge >= 0.3 is 0 Å². The summed E-state index contributed by atoms with van der Waals surface area (Å²) in [5.41, 5.74) is 8.27. The molecular formula is C18H22N4O2. The average Bonchev–Trinajstić information content (AvgIpc) is 2.61. The molecule has 1 amide bonds. The Bertz CT molecular complexity index is 711. The lowest BCUT2D eigenvalue weighted by molar-refractivity contribution is 0.0956. The van der Waals surface area contributed by atoms with Crippen molar-refractivity contribution >= 4 is 17.6 Å². The monoisotopic (exact) mass is 326 g/mol. The molecule has 6 heteroatoms. The zero-order valence-electron chi connectivity index (χ0n) is 13.9. The second-order valence-corrected chi connectivity index (χ2v) is 5.08. The summed E-state index contributed by atoms with van der Waals surface area (Å²) in [5.74, 6) is 0.916. The molecule has 126 valence electrons. The number of rotatable bonds is 6. The number of nitrogens with two attached hydrogens (primary N) is 1. The van der Waals surface area contributed by atoms with Crippen molar-refractivity contribution < 1.29 is 9.53 Å². The molecule has 0 aliphatic heterocycles. The van der Waals surface area contributed by atoms with E-state index in [9.17, 15) is 4.79 Å². The molecule has 0 unspecified atom stereocenters. The predicted octanol–water partition coefficient (Wildman–Crippen LogP) is 2.37. The average molecular weight is 326 g/mol. The summed E-state index contributed by atoms with van der Waals surface area (Å²) >= 11 is 0. The summed E-state index contributed by atoms with van der Waals surface area (Å²) in [6, 6.07) is 14.8. The van der Waals surface area contributed by atoms with Crippen molar-refractivity contribution in [2.45, 2.75) is 13.5 Å². The minimum absolute atomic E-state index is 0.0788. The highest BCUT2D eigenvalue weighted by Gasteiger charge is 2.04. The van der Waals surface area contributed by atoms with Gasteiger partial charge in [0.05, 0.1) is 19.3 Å². The second-order valence-electron chi connectivity index (χ2n) is 5.08. The van der Waals surface area contributed by atoms with Crippen molar-refractivity contribution in [3.63, 3.8) is 0 Å². The van der Waals surface area contributed by atoms with Crippen LogP contribution in [0.3, 0.4) is 0 Å². The number of hydrogen-bond donors (Lipinski definition) is 3. The Hall–Kier alpha value is -3.02. The second kappa shape index (κ2) is 8.57. The van der Waals surface area contributed by atoms with E-state index in [4.69, 9.17) is 10.5 Å². The summed E-state index contributed by atoms with van der Waals surface area (Å²) in [4.78, 5) is 16.0. The number of nitrogens with zero attached hydrogens (tertiary/aromatic N) is 1. The number of methoxy groups -OCH3 is 1. The van der Waals surface area contributed by atoms with Gasteiger partial charge in [0.15, 0.2) is 5.96 Å². The molecule has 0 bridgehead atoms. The van der Waals surface area contributed by atoms with Gasteiger partial charge in [0, 0.05) is 12.1 Å². The molecule has 0 heterocycles. The summed E-state index contributed by atoms with van der Waals surface area (Å²) in [6.45, 7) is 2.91. The predicted molar refractivity (Wildman–Crippen MR) is 96.4 cm³/mol. The lowest BCUT2D eigenvalue weighted by Crippen LogP contribution is -2.23. The number of aliphatic imine (C=N–C) groups is 1. The van der Waals surface area contributed by atoms with E-state index in [2.05, 4.69) is 15.6 Å². The zero-order valence-corrected chi connectivity index (χ0v) is 13.9. The van der Waals surface area contributed by atoms with Crippen LogP contribution in [-0.2, 0) is 6.54 Å². The third-order valence-corrected chi connectivity index (χ3v) is 3.36. The Balaban J connectivity index is 1.98. The van der Waals surface area contributed by atoms with E-state index in [1.807, 2.05) is 43.3 Å². The lowest BCUT2D eigenvalue weighted by Gasteiger charge is -2.10. The van der Waals surface area contributed by atoms with Crippen LogP contribution in [0.15, 0.2) is 53.5 Å². The van der Waals surface area contributed by atoms with E-state index in [0.29, 0.717) is 30.4 Å². The fraction of sp³-hybridized carbons (Fsp3) is 0.222. The first-order chi connectivity index (χ1) is 11.6. The number of anilines is 1. The van der Waals surface area contributed by atoms with Crippen molar-refractivity contribution in [2.75, 3.05) is 19.0 Å². The van der Waals surface area contributed by atoms with Gasteiger partial charge in [0.1, 0.15) is 5.75 Å². The first-order valence-electron chi connectivity index (χ1n) is 7.71. The van der Waals surface area contributed by atoms with Crippen LogP contribution in [0.25, 0.3) is 0 Å². The molecule has 4 N–H and O–H groups in total. The molecular weight excluding hydrogens is 304 g/mol. The van der Waals surface area contributed by atoms with Crippen LogP contribution >= 0.6 is 0 Å². The van der Waals surface area contributed by atoms with Gasteiger partial charge < -0.3 is 21.1 Å². The highest BCUT2D eigenvalue weighted by Crippen LogP contribution is 2.22. The number of carbonyl (C=O) groups is 1. The van der Waals surface area contributed by atoms with Crippen molar-refractivity contribution in [3.05, 3.63) is 59.7 Å². The number of carbonyl (C=O) groups excluding carboxylic acids is 1. The number of amides is 1. The summed E-state index contributed by atoms with van der Waals surface area (Å²) in [7, 11) is 1.60. The number of para-hydroxylation sites is 2. The topological polar surface area (TPSA) is 88.7 Å². The first-order valence-corrected chi connectivity index (χ1v) is 7.71. The van der Waals surface area contributed by atoms with Crippen LogP contribution in [0.4, 0.5) is 5.69 Å². The maximum Gasteiger partial charge on any atom is 0.251 e. The van der Waals surface area contributed by atoms with Crippen LogP contribution in [0.2, 0.25) is 0 Å². The van der Waals surface area contributed by atoms with Gasteiger partial charge in [-0.15, -0.1) is 0 Å². The van der Waals surface area contributed by atoms with E-state index in [1.165, 1.54) is 0 Å². The van der Waals surface area contributed by atoms with Crippen molar-refractivity contribution in [3.8, 4) is 5.75 Å². The van der Waals surface area contributed by atoms with Crippen LogP contribution in [0, 0.1) is 0 Å². The largest absolute Gasteiger partial charge is 0.495 e. The fourth-order valence-corrected chi connectivity index (χ4v) is 2.13. The summed E-state index contributed by atoms with van der Waals surface area (Å²) in [5, 5.41) is 5.78. The van der Waals surface area contributed by atoms with Crippen LogP contribution in [-0.4, -0.2) is 25.5 Å². The molecule has 0 atom stereocenters. The molecule has 0 spiro atoms. The number of guanidine groups is 1. The molecule has 2 aromatic carbocycles. The molecule has 2 aromatic rings. The van der Waals surface area contributed by atoms with Gasteiger partial charge in [0.25, 0.3) is 5.91 Å². The number of hydrogen-bond acceptors (Lipinski definition) is 3. The molecule has 6 nitrogen and oxygen atoms in total. The smallest absolute Gasteiger partial charge is 0.251 e. The molecule has 0 aliphatic carbocycles. The Labute approximate surface area is 141 Å². The van der Waals surface area contributed by atoms with Crippen LogP contribution in [0.5, 0.6) is 5.75 Å². The molecule has 0 saturated heterocycles. The molecule has 0 radical (unpaired) electrons. The van der Waals surface area contributed by atoms with Gasteiger partial charge in [-0.25, -0.2) is 4.99 Å². The first kappa shape index (κ1) is 17.3. The summed E-state index contributed by atoms with van der Waals surface area (Å²) in [6.07, 6.45) is 0. The zero-order chi connectivity index (χ0) is 17.4. The maximum absolute atomic E-state index is 11.7. The summed E-state index contributed by atoms with van der Waals surface area (Å²) < 4.78 is 5.25. The number of benzene rings is 2. The van der Waals surface area contributed by atoms with Crippen molar-refractivity contribution in [1.82, 2.24) is 5.32 Å². The Kier molecular flexibility index (Phi) is 6.19. The van der Waals surface area contributed by atoms with Crippen LogP contribution in [0.1, 0.15) is 22.8 Å². The van der Waals surface area contributed by atoms with E-state index in [-0.39, 0.29) is 5.91 Å². The Morgan fingerprint density at radius 1 is 1.17 bits per heavy atom. The van der Waals surface area contributed by atoms with Gasteiger partial charge in [0.2, 0.25) is 0 Å². The molecule has 0 saturated carbocycles. The minimum atomic E-state index is -0.0788. The number of ether oxygens (including phenoxy) is 1. The fourth-order valence-electron chi connectivity index (χ4n) is 2.13. The van der Waals surface area contributed by atoms with Crippen molar-refractivity contribution in [2.24, 2.45) is 10.7 Å². The third-order valence-electron chi connectivity index (χ3n) is 3.36.